The van der Waals surface area contributed by atoms with Gasteiger partial charge in [-0.05, 0) is 29.1 Å². The minimum atomic E-state index is -0.142. The molecule has 1 aromatic carbocycles. The van der Waals surface area contributed by atoms with Crippen LogP contribution in [0.5, 0.6) is 0 Å². The summed E-state index contributed by atoms with van der Waals surface area (Å²) >= 11 is 0. The number of nitrogens with one attached hydrogen (secondary N) is 1. The third-order valence-corrected chi connectivity index (χ3v) is 4.04. The van der Waals surface area contributed by atoms with Crippen molar-refractivity contribution in [2.24, 2.45) is 0 Å². The molecule has 8 heteroatoms. The number of tetrazole rings is 1. The van der Waals surface area contributed by atoms with E-state index in [9.17, 15) is 4.79 Å². The van der Waals surface area contributed by atoms with Crippen molar-refractivity contribution in [2.75, 3.05) is 42.9 Å². The van der Waals surface area contributed by atoms with E-state index in [1.54, 1.807) is 0 Å². The van der Waals surface area contributed by atoms with Crippen molar-refractivity contribution >= 4 is 17.3 Å². The second-order valence-electron chi connectivity index (χ2n) is 5.49. The van der Waals surface area contributed by atoms with Gasteiger partial charge in [0.05, 0.1) is 11.4 Å². The van der Waals surface area contributed by atoms with Crippen molar-refractivity contribution < 1.29 is 4.79 Å². The van der Waals surface area contributed by atoms with Gasteiger partial charge in [0.2, 0.25) is 5.91 Å². The van der Waals surface area contributed by atoms with Crippen molar-refractivity contribution in [2.45, 2.75) is 13.5 Å². The van der Waals surface area contributed by atoms with Crippen molar-refractivity contribution in [3.8, 4) is 0 Å². The normalized spacial score (nSPS) is 15.6. The van der Waals surface area contributed by atoms with E-state index in [1.807, 2.05) is 24.3 Å². The molecule has 0 saturated carbocycles. The quantitative estimate of drug-likeness (QED) is 0.863. The summed E-state index contributed by atoms with van der Waals surface area (Å²) in [5.41, 5.74) is 1.89. The SMILES string of the molecule is CCN1CCN(c2ccccc2NC(=O)Cn2cnnn2)CC1. The molecular weight excluding hydrogens is 294 g/mol. The minimum Gasteiger partial charge on any atom is -0.367 e. The Hall–Kier alpha value is -2.48. The monoisotopic (exact) mass is 315 g/mol. The molecule has 1 fully saturated rings. The van der Waals surface area contributed by atoms with Gasteiger partial charge in [0, 0.05) is 26.2 Å². The first kappa shape index (κ1) is 15.4. The second-order valence-corrected chi connectivity index (χ2v) is 5.49. The van der Waals surface area contributed by atoms with Crippen LogP contribution in [0.15, 0.2) is 30.6 Å². The molecular formula is C15H21N7O. The topological polar surface area (TPSA) is 79.2 Å². The molecule has 8 nitrogen and oxygen atoms in total. The van der Waals surface area contributed by atoms with Crippen LogP contribution < -0.4 is 10.2 Å². The van der Waals surface area contributed by atoms with E-state index in [1.165, 1.54) is 11.0 Å². The summed E-state index contributed by atoms with van der Waals surface area (Å²) in [6, 6.07) is 7.91. The van der Waals surface area contributed by atoms with Crippen molar-refractivity contribution in [3.63, 3.8) is 0 Å². The standard InChI is InChI=1S/C15H21N7O/c1-2-20-7-9-21(10-8-20)14-6-4-3-5-13(14)17-15(23)11-22-12-16-18-19-22/h3-6,12H,2,7-11H2,1H3,(H,17,23). The largest absolute Gasteiger partial charge is 0.367 e. The van der Waals surface area contributed by atoms with Crippen molar-refractivity contribution in [1.29, 1.82) is 0 Å². The number of rotatable bonds is 5. The van der Waals surface area contributed by atoms with Crippen molar-refractivity contribution in [1.82, 2.24) is 25.1 Å². The van der Waals surface area contributed by atoms with Gasteiger partial charge < -0.3 is 15.1 Å². The summed E-state index contributed by atoms with van der Waals surface area (Å²) in [6.45, 7) is 7.39. The predicted octanol–water partition coefficient (Wildman–Crippen LogP) is 0.454. The summed E-state index contributed by atoms with van der Waals surface area (Å²) in [4.78, 5) is 16.9. The third kappa shape index (κ3) is 3.84. The number of para-hydroxylation sites is 2. The highest BCUT2D eigenvalue weighted by Crippen LogP contribution is 2.26. The number of amides is 1. The number of likely N-dealkylation sites (N-methyl/N-ethyl adjacent to an activating group) is 1. The number of benzene rings is 1. The summed E-state index contributed by atoms with van der Waals surface area (Å²) in [7, 11) is 0. The van der Waals surface area contributed by atoms with Crippen LogP contribution in [0, 0.1) is 0 Å². The predicted molar refractivity (Wildman–Crippen MR) is 87.2 cm³/mol. The molecule has 0 aliphatic carbocycles. The van der Waals surface area contributed by atoms with Crippen LogP contribution in [0.2, 0.25) is 0 Å². The Labute approximate surface area is 135 Å². The van der Waals surface area contributed by atoms with Gasteiger partial charge in [-0.1, -0.05) is 19.1 Å². The average Bonchev–Trinajstić information content (AvgIpc) is 3.08. The van der Waals surface area contributed by atoms with E-state index in [-0.39, 0.29) is 12.5 Å². The summed E-state index contributed by atoms with van der Waals surface area (Å²) < 4.78 is 1.40. The van der Waals surface area contributed by atoms with E-state index >= 15 is 0 Å². The van der Waals surface area contributed by atoms with Gasteiger partial charge in [0.15, 0.2) is 0 Å². The molecule has 0 radical (unpaired) electrons. The molecule has 1 saturated heterocycles. The maximum atomic E-state index is 12.2. The third-order valence-electron chi connectivity index (χ3n) is 4.04. The number of carbonyl (C=O) groups excluding carboxylic acids is 1. The van der Waals surface area contributed by atoms with Crippen LogP contribution in [-0.4, -0.2) is 63.7 Å². The first-order valence-corrected chi connectivity index (χ1v) is 7.83. The maximum absolute atomic E-state index is 12.2. The number of piperazine rings is 1. The molecule has 122 valence electrons. The first-order chi connectivity index (χ1) is 11.3. The van der Waals surface area contributed by atoms with E-state index in [4.69, 9.17) is 0 Å². The van der Waals surface area contributed by atoms with E-state index in [0.717, 1.165) is 44.1 Å². The average molecular weight is 315 g/mol. The Morgan fingerprint density at radius 2 is 2.00 bits per heavy atom. The smallest absolute Gasteiger partial charge is 0.246 e. The molecule has 2 heterocycles. The van der Waals surface area contributed by atoms with E-state index in [2.05, 4.69) is 37.6 Å². The Morgan fingerprint density at radius 3 is 2.70 bits per heavy atom. The number of aromatic nitrogens is 4. The summed E-state index contributed by atoms with van der Waals surface area (Å²) in [5, 5.41) is 13.7. The van der Waals surface area contributed by atoms with Gasteiger partial charge in [0.25, 0.3) is 0 Å². The maximum Gasteiger partial charge on any atom is 0.246 e. The fourth-order valence-electron chi connectivity index (χ4n) is 2.75. The molecule has 1 amide bonds. The first-order valence-electron chi connectivity index (χ1n) is 7.83. The van der Waals surface area contributed by atoms with Crippen LogP contribution in [-0.2, 0) is 11.3 Å². The lowest BCUT2D eigenvalue weighted by atomic mass is 10.2. The van der Waals surface area contributed by atoms with Gasteiger partial charge in [-0.2, -0.15) is 0 Å². The molecule has 1 N–H and O–H groups in total. The van der Waals surface area contributed by atoms with Gasteiger partial charge in [0.1, 0.15) is 12.9 Å². The Kier molecular flexibility index (Phi) is 4.82. The zero-order chi connectivity index (χ0) is 16.1. The molecule has 23 heavy (non-hydrogen) atoms. The number of anilines is 2. The second kappa shape index (κ2) is 7.19. The number of hydrogen-bond donors (Lipinski definition) is 1. The Balaban J connectivity index is 1.67. The lowest BCUT2D eigenvalue weighted by Crippen LogP contribution is -2.46. The summed E-state index contributed by atoms with van der Waals surface area (Å²) in [6.07, 6.45) is 1.43. The van der Waals surface area contributed by atoms with Gasteiger partial charge in [-0.25, -0.2) is 4.68 Å². The Morgan fingerprint density at radius 1 is 1.22 bits per heavy atom. The molecule has 1 aliphatic heterocycles. The molecule has 1 aliphatic rings. The number of nitrogens with zero attached hydrogens (tertiary/aromatic N) is 6. The molecule has 2 aromatic rings. The highest BCUT2D eigenvalue weighted by Gasteiger charge is 2.18. The molecule has 0 atom stereocenters. The Bertz CT molecular complexity index is 635. The molecule has 1 aromatic heterocycles. The minimum absolute atomic E-state index is 0.102. The van der Waals surface area contributed by atoms with Gasteiger partial charge >= 0.3 is 0 Å². The molecule has 0 spiro atoms. The molecule has 3 rings (SSSR count). The van der Waals surface area contributed by atoms with Crippen LogP contribution in [0.3, 0.4) is 0 Å². The highest BCUT2D eigenvalue weighted by atomic mass is 16.2. The lowest BCUT2D eigenvalue weighted by Gasteiger charge is -2.36. The highest BCUT2D eigenvalue weighted by molar-refractivity contribution is 5.94. The fraction of sp³-hybridized carbons (Fsp3) is 0.467. The van der Waals surface area contributed by atoms with Crippen LogP contribution >= 0.6 is 0 Å². The fourth-order valence-corrected chi connectivity index (χ4v) is 2.75. The van der Waals surface area contributed by atoms with E-state index < -0.39 is 0 Å². The zero-order valence-corrected chi connectivity index (χ0v) is 13.2. The van der Waals surface area contributed by atoms with Gasteiger partial charge in [-0.3, -0.25) is 4.79 Å². The number of carbonyl (C=O) groups is 1. The zero-order valence-electron chi connectivity index (χ0n) is 13.2. The number of hydrogen-bond acceptors (Lipinski definition) is 6. The molecule has 0 bridgehead atoms. The summed E-state index contributed by atoms with van der Waals surface area (Å²) in [5.74, 6) is -0.142. The van der Waals surface area contributed by atoms with Crippen LogP contribution in [0.25, 0.3) is 0 Å². The van der Waals surface area contributed by atoms with Gasteiger partial charge in [-0.15, -0.1) is 5.10 Å². The lowest BCUT2D eigenvalue weighted by molar-refractivity contribution is -0.116. The van der Waals surface area contributed by atoms with Crippen molar-refractivity contribution in [3.05, 3.63) is 30.6 Å². The van der Waals surface area contributed by atoms with Crippen LogP contribution in [0.1, 0.15) is 6.92 Å². The van der Waals surface area contributed by atoms with E-state index in [0.29, 0.717) is 0 Å². The molecule has 0 unspecified atom stereocenters. The van der Waals surface area contributed by atoms with Crippen LogP contribution in [0.4, 0.5) is 11.4 Å².